The van der Waals surface area contributed by atoms with Crippen molar-refractivity contribution in [3.05, 3.63) is 34.1 Å². The van der Waals surface area contributed by atoms with Gasteiger partial charge < -0.3 is 0 Å². The van der Waals surface area contributed by atoms with Gasteiger partial charge in [-0.25, -0.2) is 4.39 Å². The Kier molecular flexibility index (Phi) is 4.26. The monoisotopic (exact) mass is 304 g/mol. The largest absolute Gasteiger partial charge is 0.207 e. The van der Waals surface area contributed by atoms with Crippen LogP contribution in [0.3, 0.4) is 0 Å². The zero-order valence-electron chi connectivity index (χ0n) is 9.06. The second-order valence-corrected chi connectivity index (χ2v) is 6.01. The lowest BCUT2D eigenvalue weighted by Gasteiger charge is -2.17. The fraction of sp³-hybridized carbons (Fsp3) is 0.538. The molecule has 0 aromatic heterocycles. The minimum Gasteiger partial charge on any atom is -0.207 e. The summed E-state index contributed by atoms with van der Waals surface area (Å²) in [6.07, 6.45) is 5.33. The number of hydrogen-bond acceptors (Lipinski definition) is 0. The highest BCUT2D eigenvalue weighted by atomic mass is 79.9. The fourth-order valence-electron chi connectivity index (χ4n) is 2.41. The molecular formula is C13H15BrClF. The Balaban J connectivity index is 2.24. The number of alkyl halides is 1. The van der Waals surface area contributed by atoms with E-state index in [1.54, 1.807) is 6.07 Å². The topological polar surface area (TPSA) is 0 Å². The first-order valence-electron chi connectivity index (χ1n) is 5.76. The van der Waals surface area contributed by atoms with Crippen LogP contribution < -0.4 is 0 Å². The Hall–Kier alpha value is -0.0800. The van der Waals surface area contributed by atoms with Gasteiger partial charge in [-0.3, -0.25) is 0 Å². The predicted molar refractivity (Wildman–Crippen MR) is 69.6 cm³/mol. The molecule has 2 atom stereocenters. The highest BCUT2D eigenvalue weighted by molar-refractivity contribution is 9.10. The molecule has 0 nitrogen and oxygen atoms in total. The van der Waals surface area contributed by atoms with Crippen LogP contribution in [0.25, 0.3) is 0 Å². The van der Waals surface area contributed by atoms with Crippen LogP contribution in [0.2, 0.25) is 0 Å². The van der Waals surface area contributed by atoms with Gasteiger partial charge in [-0.15, -0.1) is 11.6 Å². The molecule has 0 radical (unpaired) electrons. The van der Waals surface area contributed by atoms with Gasteiger partial charge in [0.2, 0.25) is 0 Å². The number of benzene rings is 1. The summed E-state index contributed by atoms with van der Waals surface area (Å²) in [5.41, 5.74) is 0.821. The lowest BCUT2D eigenvalue weighted by Crippen LogP contribution is -2.06. The first kappa shape index (κ1) is 12.4. The first-order valence-corrected chi connectivity index (χ1v) is 6.99. The van der Waals surface area contributed by atoms with Gasteiger partial charge in [0.15, 0.2) is 0 Å². The summed E-state index contributed by atoms with van der Waals surface area (Å²) in [5.74, 6) is 0.182. The van der Waals surface area contributed by atoms with Crippen molar-refractivity contribution in [1.29, 1.82) is 0 Å². The molecule has 0 N–H and O–H groups in total. The summed E-state index contributed by atoms with van der Waals surface area (Å²) < 4.78 is 14.7. The van der Waals surface area contributed by atoms with Gasteiger partial charge in [0, 0.05) is 9.85 Å². The predicted octanol–water partition coefficient (Wildman–Crippen LogP) is 5.24. The summed E-state index contributed by atoms with van der Waals surface area (Å²) in [4.78, 5) is 0. The highest BCUT2D eigenvalue weighted by Crippen LogP contribution is 2.36. The third-order valence-electron chi connectivity index (χ3n) is 3.26. The maximum absolute atomic E-state index is 13.7. The minimum absolute atomic E-state index is 0.0982. The zero-order chi connectivity index (χ0) is 11.5. The van der Waals surface area contributed by atoms with Gasteiger partial charge in [-0.1, -0.05) is 28.8 Å². The smallest absolute Gasteiger partial charge is 0.126 e. The molecular weight excluding hydrogens is 290 g/mol. The summed E-state index contributed by atoms with van der Waals surface area (Å²) in [7, 11) is 0. The summed E-state index contributed by atoms with van der Waals surface area (Å²) >= 11 is 9.62. The normalized spacial score (nSPS) is 26.4. The van der Waals surface area contributed by atoms with E-state index in [1.165, 1.54) is 12.5 Å². The second kappa shape index (κ2) is 5.50. The second-order valence-electron chi connectivity index (χ2n) is 4.48. The van der Waals surface area contributed by atoms with Crippen LogP contribution in [0, 0.1) is 5.82 Å². The van der Waals surface area contributed by atoms with E-state index < -0.39 is 0 Å². The molecule has 0 heterocycles. The van der Waals surface area contributed by atoms with Gasteiger partial charge in [-0.05, 0) is 48.9 Å². The van der Waals surface area contributed by atoms with E-state index in [2.05, 4.69) is 15.9 Å². The third kappa shape index (κ3) is 2.98. The van der Waals surface area contributed by atoms with E-state index >= 15 is 0 Å². The molecule has 0 spiro atoms. The maximum atomic E-state index is 13.7. The third-order valence-corrected chi connectivity index (χ3v) is 4.15. The molecule has 3 heteroatoms. The number of hydrogen-bond donors (Lipinski definition) is 0. The van der Waals surface area contributed by atoms with E-state index in [0.717, 1.165) is 35.7 Å². The van der Waals surface area contributed by atoms with Crippen LogP contribution in [0.4, 0.5) is 4.39 Å². The standard InChI is InChI=1S/C13H15BrClF/c14-10-5-6-13(16)12(8-10)9-3-1-2-4-11(15)7-9/h5-6,8-9,11H,1-4,7H2. The lowest BCUT2D eigenvalue weighted by molar-refractivity contribution is 0.538. The van der Waals surface area contributed by atoms with Crippen molar-refractivity contribution in [1.82, 2.24) is 0 Å². The molecule has 1 aromatic carbocycles. The van der Waals surface area contributed by atoms with Crippen molar-refractivity contribution in [2.45, 2.75) is 43.4 Å². The van der Waals surface area contributed by atoms with Gasteiger partial charge >= 0.3 is 0 Å². The van der Waals surface area contributed by atoms with E-state index in [1.807, 2.05) is 6.07 Å². The van der Waals surface area contributed by atoms with E-state index in [4.69, 9.17) is 11.6 Å². The minimum atomic E-state index is -0.0982. The van der Waals surface area contributed by atoms with Crippen molar-refractivity contribution < 1.29 is 4.39 Å². The van der Waals surface area contributed by atoms with Crippen LogP contribution in [-0.2, 0) is 0 Å². The maximum Gasteiger partial charge on any atom is 0.126 e. The Labute approximate surface area is 109 Å². The SMILES string of the molecule is Fc1ccc(Br)cc1C1CCCCC(Cl)C1. The van der Waals surface area contributed by atoms with Gasteiger partial charge in [0.1, 0.15) is 5.82 Å². The molecule has 2 unspecified atom stereocenters. The van der Waals surface area contributed by atoms with Gasteiger partial charge in [0.05, 0.1) is 0 Å². The number of rotatable bonds is 1. The summed E-state index contributed by atoms with van der Waals surface area (Å²) in [6, 6.07) is 5.18. The van der Waals surface area contributed by atoms with E-state index in [-0.39, 0.29) is 17.1 Å². The van der Waals surface area contributed by atoms with Gasteiger partial charge in [-0.2, -0.15) is 0 Å². The molecule has 0 amide bonds. The fourth-order valence-corrected chi connectivity index (χ4v) is 3.16. The summed E-state index contributed by atoms with van der Waals surface area (Å²) in [5, 5.41) is 0.200. The van der Waals surface area contributed by atoms with Crippen LogP contribution in [-0.4, -0.2) is 5.38 Å². The average Bonchev–Trinajstić information content (AvgIpc) is 2.46. The molecule has 1 aliphatic rings. The molecule has 0 saturated heterocycles. The highest BCUT2D eigenvalue weighted by Gasteiger charge is 2.22. The van der Waals surface area contributed by atoms with Crippen molar-refractivity contribution in [3.8, 4) is 0 Å². The van der Waals surface area contributed by atoms with Crippen molar-refractivity contribution >= 4 is 27.5 Å². The first-order chi connectivity index (χ1) is 7.66. The zero-order valence-corrected chi connectivity index (χ0v) is 11.4. The quantitative estimate of drug-likeness (QED) is 0.491. The van der Waals surface area contributed by atoms with Crippen LogP contribution in [0.5, 0.6) is 0 Å². The molecule has 2 rings (SSSR count). The summed E-state index contributed by atoms with van der Waals surface area (Å²) in [6.45, 7) is 0. The molecule has 0 aliphatic heterocycles. The van der Waals surface area contributed by atoms with Gasteiger partial charge in [0.25, 0.3) is 0 Å². The lowest BCUT2D eigenvalue weighted by atomic mass is 9.91. The van der Waals surface area contributed by atoms with E-state index in [0.29, 0.717) is 0 Å². The number of halogens is 3. The molecule has 16 heavy (non-hydrogen) atoms. The molecule has 1 aromatic rings. The molecule has 88 valence electrons. The molecule has 1 fully saturated rings. The Morgan fingerprint density at radius 3 is 2.81 bits per heavy atom. The van der Waals surface area contributed by atoms with Crippen molar-refractivity contribution in [3.63, 3.8) is 0 Å². The van der Waals surface area contributed by atoms with Crippen LogP contribution in [0.1, 0.15) is 43.6 Å². The molecule has 1 aliphatic carbocycles. The van der Waals surface area contributed by atoms with Crippen LogP contribution in [0.15, 0.2) is 22.7 Å². The Morgan fingerprint density at radius 1 is 1.25 bits per heavy atom. The Bertz CT molecular complexity index is 367. The average molecular weight is 306 g/mol. The van der Waals surface area contributed by atoms with E-state index in [9.17, 15) is 4.39 Å². The Morgan fingerprint density at radius 2 is 2.00 bits per heavy atom. The van der Waals surface area contributed by atoms with Crippen molar-refractivity contribution in [2.75, 3.05) is 0 Å². The van der Waals surface area contributed by atoms with Crippen molar-refractivity contribution in [2.24, 2.45) is 0 Å². The van der Waals surface area contributed by atoms with Crippen LogP contribution >= 0.6 is 27.5 Å². The molecule has 1 saturated carbocycles. The molecule has 0 bridgehead atoms.